The minimum absolute atomic E-state index is 0.159. The van der Waals surface area contributed by atoms with E-state index >= 15 is 0 Å². The van der Waals surface area contributed by atoms with Crippen LogP contribution < -0.4 is 10.0 Å². The predicted octanol–water partition coefficient (Wildman–Crippen LogP) is 2.05. The Bertz CT molecular complexity index is 549. The lowest BCUT2D eigenvalue weighted by Gasteiger charge is -2.38. The Hall–Kier alpha value is -0.660. The molecule has 25 heavy (non-hydrogen) atoms. The largest absolute Gasteiger partial charge is 0.378 e. The molecule has 2 rings (SSSR count). The normalized spacial score (nSPS) is 34.3. The molecule has 0 aromatic heterocycles. The highest BCUT2D eigenvalue weighted by molar-refractivity contribution is 7.88. The van der Waals surface area contributed by atoms with Gasteiger partial charge >= 0.3 is 0 Å². The average molecular weight is 377 g/mol. The number of rotatable bonds is 7. The van der Waals surface area contributed by atoms with Crippen LogP contribution in [0.3, 0.4) is 0 Å². The zero-order valence-corrected chi connectivity index (χ0v) is 16.3. The molecule has 1 unspecified atom stereocenters. The molecule has 0 saturated heterocycles. The summed E-state index contributed by atoms with van der Waals surface area (Å²) in [6.07, 6.45) is 9.24. The molecule has 0 spiro atoms. The topological polar surface area (TPSA) is 84.5 Å². The van der Waals surface area contributed by atoms with Gasteiger partial charge < -0.3 is 10.1 Å². The van der Waals surface area contributed by atoms with Crippen molar-refractivity contribution in [1.29, 1.82) is 0 Å². The predicted molar refractivity (Wildman–Crippen MR) is 98.7 cm³/mol. The van der Waals surface area contributed by atoms with Crippen molar-refractivity contribution in [3.8, 4) is 0 Å². The van der Waals surface area contributed by atoms with Crippen LogP contribution in [0, 0.1) is 17.8 Å². The number of ether oxygens (including phenoxy) is 1. The van der Waals surface area contributed by atoms with Crippen molar-refractivity contribution in [2.45, 2.75) is 70.4 Å². The molecule has 2 fully saturated rings. The Morgan fingerprint density at radius 2 is 1.92 bits per heavy atom. The molecule has 0 heterocycles. The SMILES string of the molecule is [3H]CNC(=O)C1CCC[C@H](NS(C)(=O)=O)[C@@H]1COC1CCC(CC)CC1. The second kappa shape index (κ2) is 9.33. The fraction of sp³-hybridized carbons (Fsp3) is 0.944. The number of hydrogen-bond donors (Lipinski definition) is 2. The van der Waals surface area contributed by atoms with Gasteiger partial charge in [-0.25, -0.2) is 13.1 Å². The second-order valence-electron chi connectivity index (χ2n) is 7.62. The highest BCUT2D eigenvalue weighted by atomic mass is 32.2. The molecule has 0 aromatic rings. The molecule has 0 bridgehead atoms. The van der Waals surface area contributed by atoms with Crippen molar-refractivity contribution < 1.29 is 19.3 Å². The molecule has 7 heteroatoms. The Kier molecular flexibility index (Phi) is 7.13. The van der Waals surface area contributed by atoms with Crippen LogP contribution in [0.4, 0.5) is 0 Å². The van der Waals surface area contributed by atoms with Gasteiger partial charge in [-0.15, -0.1) is 0 Å². The summed E-state index contributed by atoms with van der Waals surface area (Å²) in [7, 11) is -3.50. The van der Waals surface area contributed by atoms with Gasteiger partial charge in [0, 0.05) is 26.3 Å². The lowest BCUT2D eigenvalue weighted by molar-refractivity contribution is -0.130. The van der Waals surface area contributed by atoms with Crippen molar-refractivity contribution in [3.63, 3.8) is 0 Å². The third kappa shape index (κ3) is 6.22. The molecule has 2 N–H and O–H groups in total. The molecule has 0 radical (unpaired) electrons. The summed E-state index contributed by atoms with van der Waals surface area (Å²) in [6, 6.07) is -0.285. The van der Waals surface area contributed by atoms with Crippen LogP contribution in [-0.4, -0.2) is 46.4 Å². The summed E-state index contributed by atoms with van der Waals surface area (Å²) < 4.78 is 39.6. The average Bonchev–Trinajstić information content (AvgIpc) is 2.59. The van der Waals surface area contributed by atoms with E-state index < -0.39 is 10.0 Å². The number of carbonyl (C=O) groups is 1. The second-order valence-corrected chi connectivity index (χ2v) is 9.40. The summed E-state index contributed by atoms with van der Waals surface area (Å²) >= 11 is 0. The van der Waals surface area contributed by atoms with Gasteiger partial charge in [-0.3, -0.25) is 4.79 Å². The minimum Gasteiger partial charge on any atom is -0.378 e. The number of amides is 1. The molecule has 6 nitrogen and oxygen atoms in total. The lowest BCUT2D eigenvalue weighted by Crippen LogP contribution is -2.50. The summed E-state index contributed by atoms with van der Waals surface area (Å²) in [4.78, 5) is 12.4. The molecular formula is C18H34N2O4S. The minimum atomic E-state index is -3.35. The van der Waals surface area contributed by atoms with Crippen molar-refractivity contribution in [3.05, 3.63) is 0 Å². The molecular weight excluding hydrogens is 340 g/mol. The van der Waals surface area contributed by atoms with Crippen molar-refractivity contribution in [2.24, 2.45) is 17.8 Å². The smallest absolute Gasteiger partial charge is 0.223 e. The van der Waals surface area contributed by atoms with Crippen molar-refractivity contribution in [2.75, 3.05) is 19.9 Å². The first-order valence-corrected chi connectivity index (χ1v) is 11.4. The van der Waals surface area contributed by atoms with Gasteiger partial charge in [0.25, 0.3) is 0 Å². The fourth-order valence-electron chi connectivity index (χ4n) is 4.33. The molecule has 3 atom stereocenters. The van der Waals surface area contributed by atoms with Crippen LogP contribution in [-0.2, 0) is 19.6 Å². The van der Waals surface area contributed by atoms with E-state index in [-0.39, 0.29) is 36.9 Å². The number of hydrogen-bond acceptors (Lipinski definition) is 4. The molecule has 0 aliphatic heterocycles. The van der Waals surface area contributed by atoms with Gasteiger partial charge in [0.05, 0.1) is 19.0 Å². The molecule has 146 valence electrons. The Morgan fingerprint density at radius 1 is 1.20 bits per heavy atom. The Morgan fingerprint density at radius 3 is 2.52 bits per heavy atom. The maximum atomic E-state index is 12.4. The van der Waals surface area contributed by atoms with Crippen LogP contribution in [0.2, 0.25) is 0 Å². The first kappa shape index (κ1) is 19.1. The van der Waals surface area contributed by atoms with E-state index in [4.69, 9.17) is 6.11 Å². The zero-order chi connectivity index (χ0) is 19.2. The highest BCUT2D eigenvalue weighted by Crippen LogP contribution is 2.33. The molecule has 0 aromatic carbocycles. The summed E-state index contributed by atoms with van der Waals surface area (Å²) in [5, 5.41) is 2.57. The number of carbonyl (C=O) groups excluding carboxylic acids is 1. The first-order chi connectivity index (χ1) is 12.3. The van der Waals surface area contributed by atoms with Gasteiger partial charge in [0.2, 0.25) is 15.9 Å². The standard InChI is InChI=1S/C18H34N2O4S/c1-4-13-8-10-14(11-9-13)24-12-16-15(18(21)19-2)6-5-7-17(16)20-25(3,22)23/h13-17,20H,4-12H2,1-3H3,(H,19,21)/t13?,14?,15?,16-,17+/m1/s1/i2T. The van der Waals surface area contributed by atoms with E-state index in [9.17, 15) is 13.2 Å². The van der Waals surface area contributed by atoms with E-state index in [0.29, 0.717) is 19.4 Å². The third-order valence-corrected chi connectivity index (χ3v) is 6.57. The summed E-state index contributed by atoms with van der Waals surface area (Å²) in [5.41, 5.74) is 0. The molecule has 2 aliphatic rings. The first-order valence-electron chi connectivity index (χ1n) is 10.2. The maximum Gasteiger partial charge on any atom is 0.223 e. The third-order valence-electron chi connectivity index (χ3n) is 5.84. The van der Waals surface area contributed by atoms with Gasteiger partial charge in [-0.05, 0) is 44.4 Å². The van der Waals surface area contributed by atoms with E-state index in [1.54, 1.807) is 0 Å². The molecule has 1 amide bonds. The van der Waals surface area contributed by atoms with Crippen LogP contribution >= 0.6 is 0 Å². The van der Waals surface area contributed by atoms with Crippen LogP contribution in [0.1, 0.15) is 59.7 Å². The monoisotopic (exact) mass is 376 g/mol. The van der Waals surface area contributed by atoms with E-state index in [2.05, 4.69) is 17.0 Å². The lowest BCUT2D eigenvalue weighted by atomic mass is 9.76. The highest BCUT2D eigenvalue weighted by Gasteiger charge is 2.39. The van der Waals surface area contributed by atoms with E-state index in [1.807, 2.05) is 0 Å². The van der Waals surface area contributed by atoms with Gasteiger partial charge in [0.15, 0.2) is 0 Å². The van der Waals surface area contributed by atoms with E-state index in [1.165, 1.54) is 19.3 Å². The van der Waals surface area contributed by atoms with Gasteiger partial charge in [-0.1, -0.05) is 19.8 Å². The van der Waals surface area contributed by atoms with Gasteiger partial charge in [0.1, 0.15) is 0 Å². The van der Waals surface area contributed by atoms with Crippen molar-refractivity contribution in [1.82, 2.24) is 10.0 Å². The Balaban J connectivity index is 2.01. The van der Waals surface area contributed by atoms with Gasteiger partial charge in [-0.2, -0.15) is 0 Å². The Labute approximate surface area is 153 Å². The molecule has 2 aliphatic carbocycles. The number of nitrogens with one attached hydrogen (secondary N) is 2. The van der Waals surface area contributed by atoms with Crippen LogP contribution in [0.15, 0.2) is 0 Å². The fourth-order valence-corrected chi connectivity index (χ4v) is 5.17. The van der Waals surface area contributed by atoms with E-state index in [0.717, 1.165) is 31.4 Å². The van der Waals surface area contributed by atoms with Crippen LogP contribution in [0.25, 0.3) is 0 Å². The summed E-state index contributed by atoms with van der Waals surface area (Å²) in [5.74, 6) is 0.136. The van der Waals surface area contributed by atoms with Crippen molar-refractivity contribution >= 4 is 15.9 Å². The number of sulfonamides is 1. The zero-order valence-electron chi connectivity index (χ0n) is 16.5. The molecule has 2 saturated carbocycles. The maximum absolute atomic E-state index is 12.4. The van der Waals surface area contributed by atoms with Crippen LogP contribution in [0.5, 0.6) is 0 Å². The summed E-state index contributed by atoms with van der Waals surface area (Å²) in [6.45, 7) is 2.62. The quantitative estimate of drug-likeness (QED) is 0.712.